The lowest BCUT2D eigenvalue weighted by atomic mass is 9.64. The van der Waals surface area contributed by atoms with Crippen molar-refractivity contribution in [2.45, 2.75) is 31.1 Å². The van der Waals surface area contributed by atoms with Crippen molar-refractivity contribution in [3.63, 3.8) is 0 Å². The van der Waals surface area contributed by atoms with Crippen molar-refractivity contribution in [1.82, 2.24) is 0 Å². The van der Waals surface area contributed by atoms with E-state index in [0.717, 1.165) is 25.7 Å². The highest BCUT2D eigenvalue weighted by molar-refractivity contribution is 5.87. The molecule has 0 saturated heterocycles. The van der Waals surface area contributed by atoms with Crippen LogP contribution < -0.4 is 10.4 Å². The molecule has 0 radical (unpaired) electrons. The molecule has 5 aromatic carbocycles. The van der Waals surface area contributed by atoms with Gasteiger partial charge in [0.15, 0.2) is 0 Å². The van der Waals surface area contributed by atoms with Gasteiger partial charge in [0.05, 0.1) is 5.41 Å². The highest BCUT2D eigenvalue weighted by atomic mass is 14.5. The maximum Gasteiger partial charge on any atom is 0.0676 e. The Bertz CT molecular complexity index is 3110. The van der Waals surface area contributed by atoms with Gasteiger partial charge in [0.2, 0.25) is 0 Å². The third-order valence-electron chi connectivity index (χ3n) is 14.9. The third-order valence-corrected chi connectivity index (χ3v) is 14.9. The second-order valence-electron chi connectivity index (χ2n) is 18.1. The Kier molecular flexibility index (Phi) is 9.41. The molecule has 0 spiro atoms. The molecular formula is C63H50. The number of allylic oxidation sites excluding steroid dienone is 21. The molecule has 0 heteroatoms. The van der Waals surface area contributed by atoms with Crippen LogP contribution in [0.1, 0.15) is 53.5 Å². The highest BCUT2D eigenvalue weighted by Crippen LogP contribution is 2.58. The van der Waals surface area contributed by atoms with E-state index in [4.69, 9.17) is 0 Å². The lowest BCUT2D eigenvalue weighted by Crippen LogP contribution is -2.40. The summed E-state index contributed by atoms with van der Waals surface area (Å²) < 4.78 is 0. The monoisotopic (exact) mass is 806 g/mol. The normalized spacial score (nSPS) is 23.5. The van der Waals surface area contributed by atoms with Gasteiger partial charge in [-0.25, -0.2) is 0 Å². The molecule has 0 heterocycles. The molecule has 63 heavy (non-hydrogen) atoms. The largest absolute Gasteiger partial charge is 0.0767 e. The summed E-state index contributed by atoms with van der Waals surface area (Å²) in [7, 11) is 0. The zero-order valence-corrected chi connectivity index (χ0v) is 35.6. The molecule has 0 aromatic heterocycles. The van der Waals surface area contributed by atoms with Gasteiger partial charge in [-0.05, 0) is 109 Å². The fraction of sp³-hybridized carbons (Fsp3) is 0.143. The van der Waals surface area contributed by atoms with Gasteiger partial charge < -0.3 is 0 Å². The van der Waals surface area contributed by atoms with Crippen LogP contribution >= 0.6 is 0 Å². The molecule has 0 fully saturated rings. The topological polar surface area (TPSA) is 0 Å². The van der Waals surface area contributed by atoms with Gasteiger partial charge in [0, 0.05) is 23.7 Å². The zero-order chi connectivity index (χ0) is 41.7. The summed E-state index contributed by atoms with van der Waals surface area (Å²) in [6.07, 6.45) is 43.8. The van der Waals surface area contributed by atoms with Crippen LogP contribution in [0.4, 0.5) is 0 Å². The summed E-state index contributed by atoms with van der Waals surface area (Å²) in [5, 5.41) is 2.73. The number of fused-ring (bicyclic) bond motifs is 6. The number of rotatable bonds is 7. The van der Waals surface area contributed by atoms with E-state index < -0.39 is 0 Å². The third kappa shape index (κ3) is 6.26. The van der Waals surface area contributed by atoms with E-state index in [1.54, 1.807) is 0 Å². The summed E-state index contributed by atoms with van der Waals surface area (Å²) >= 11 is 0. The summed E-state index contributed by atoms with van der Waals surface area (Å²) in [5.74, 6) is 1.47. The zero-order valence-electron chi connectivity index (χ0n) is 35.6. The van der Waals surface area contributed by atoms with E-state index in [-0.39, 0.29) is 17.3 Å². The second-order valence-corrected chi connectivity index (χ2v) is 18.1. The van der Waals surface area contributed by atoms with E-state index >= 15 is 0 Å². The SMILES string of the molecule is C1=CC2C=CC=C(C3=CC=C(C=Cc4ccc(C5=c6ccccc6=C(C6=CC=C(C7(c8ccccc8)c8ccccc8-c8ccccc87)CC6)C6C=CC=CC56)cc4)CC3)C2C=C1. The van der Waals surface area contributed by atoms with Crippen molar-refractivity contribution in [2.24, 2.45) is 23.7 Å². The van der Waals surface area contributed by atoms with Gasteiger partial charge >= 0.3 is 0 Å². The standard InChI is InChI=1S/C63H50/c1-2-17-49(18-3-1)63(59-27-12-10-20-53(59)54-21-11-13-28-60(54)63)50-41-39-48(40-42-50)62-57-24-8-6-22-55(57)61(56-23-7-9-25-58(56)62)47-37-33-44(34-38-47)30-29-43-31-35-46(36-32-43)52-26-14-16-45-15-4-5-19-51(45)52/h1-31,33-35,37-39,41,45,51,55,57H,32,36,40,42H2. The molecular weight excluding hydrogens is 757 g/mol. The maximum atomic E-state index is 2.49. The maximum absolute atomic E-state index is 2.49. The van der Waals surface area contributed by atoms with Crippen molar-refractivity contribution in [3.8, 4) is 11.1 Å². The Morgan fingerprint density at radius 1 is 0.429 bits per heavy atom. The Hall–Kier alpha value is -7.02. The van der Waals surface area contributed by atoms with Gasteiger partial charge in [-0.2, -0.15) is 0 Å². The number of hydrogen-bond donors (Lipinski definition) is 0. The van der Waals surface area contributed by atoms with Crippen LogP contribution in [-0.2, 0) is 5.41 Å². The molecule has 4 atom stereocenters. The Morgan fingerprint density at radius 2 is 1.03 bits per heavy atom. The predicted molar refractivity (Wildman–Crippen MR) is 264 cm³/mol. The second kappa shape index (κ2) is 15.7. The highest BCUT2D eigenvalue weighted by Gasteiger charge is 2.47. The molecule has 4 unspecified atom stereocenters. The minimum Gasteiger partial charge on any atom is -0.0767 e. The minimum absolute atomic E-state index is 0.260. The first-order valence-electron chi connectivity index (χ1n) is 23.0. The minimum atomic E-state index is -0.322. The fourth-order valence-corrected chi connectivity index (χ4v) is 12.0. The summed E-state index contributed by atoms with van der Waals surface area (Å²) in [5.41, 5.74) is 19.2. The van der Waals surface area contributed by atoms with Gasteiger partial charge in [-0.1, -0.05) is 236 Å². The number of hydrogen-bond acceptors (Lipinski definition) is 0. The quantitative estimate of drug-likeness (QED) is 0.154. The van der Waals surface area contributed by atoms with Crippen LogP contribution in [0, 0.1) is 23.7 Å². The average Bonchev–Trinajstić information content (AvgIpc) is 3.66. The van der Waals surface area contributed by atoms with Gasteiger partial charge in [0.1, 0.15) is 0 Å². The van der Waals surface area contributed by atoms with Crippen LogP contribution in [0.25, 0.3) is 28.3 Å². The first kappa shape index (κ1) is 37.7. The van der Waals surface area contributed by atoms with E-state index in [1.807, 2.05) is 0 Å². The van der Waals surface area contributed by atoms with Crippen LogP contribution in [0.15, 0.2) is 252 Å². The summed E-state index contributed by atoms with van der Waals surface area (Å²) in [6.45, 7) is 0. The molecule has 0 nitrogen and oxygen atoms in total. The molecule has 5 aromatic rings. The molecule has 302 valence electrons. The van der Waals surface area contributed by atoms with E-state index in [2.05, 4.69) is 231 Å². The first-order chi connectivity index (χ1) is 31.3. The number of benzene rings is 5. The average molecular weight is 807 g/mol. The Balaban J connectivity index is 0.894. The first-order valence-corrected chi connectivity index (χ1v) is 23.0. The van der Waals surface area contributed by atoms with Crippen LogP contribution in [0.2, 0.25) is 0 Å². The van der Waals surface area contributed by atoms with Crippen molar-refractivity contribution >= 4 is 17.2 Å². The van der Waals surface area contributed by atoms with Gasteiger partial charge in [0.25, 0.3) is 0 Å². The molecule has 0 amide bonds. The molecule has 0 aliphatic heterocycles. The van der Waals surface area contributed by atoms with E-state index in [0.29, 0.717) is 11.8 Å². The van der Waals surface area contributed by atoms with Gasteiger partial charge in [-0.3, -0.25) is 0 Å². The molecule has 0 saturated carbocycles. The predicted octanol–water partition coefficient (Wildman–Crippen LogP) is 13.6. The van der Waals surface area contributed by atoms with Gasteiger partial charge in [-0.15, -0.1) is 0 Å². The van der Waals surface area contributed by atoms with Crippen LogP contribution in [0.5, 0.6) is 0 Å². The fourth-order valence-electron chi connectivity index (χ4n) is 12.0. The Morgan fingerprint density at radius 3 is 1.73 bits per heavy atom. The van der Waals surface area contributed by atoms with Crippen molar-refractivity contribution in [3.05, 3.63) is 291 Å². The molecule has 0 bridgehead atoms. The summed E-state index contributed by atoms with van der Waals surface area (Å²) in [4.78, 5) is 0. The molecule has 7 aliphatic rings. The molecule has 0 N–H and O–H groups in total. The van der Waals surface area contributed by atoms with Crippen LogP contribution in [-0.4, -0.2) is 0 Å². The lowest BCUT2D eigenvalue weighted by molar-refractivity contribution is 0.622. The van der Waals surface area contributed by atoms with E-state index in [1.165, 1.54) is 88.4 Å². The van der Waals surface area contributed by atoms with Crippen molar-refractivity contribution in [1.29, 1.82) is 0 Å². The van der Waals surface area contributed by atoms with Crippen molar-refractivity contribution in [2.75, 3.05) is 0 Å². The molecule has 12 rings (SSSR count). The summed E-state index contributed by atoms with van der Waals surface area (Å²) in [6, 6.07) is 48.0. The Labute approximate surface area is 372 Å². The lowest BCUT2D eigenvalue weighted by Gasteiger charge is -2.38. The van der Waals surface area contributed by atoms with Crippen molar-refractivity contribution < 1.29 is 0 Å². The smallest absolute Gasteiger partial charge is 0.0676 e. The molecule has 7 aliphatic carbocycles. The van der Waals surface area contributed by atoms with E-state index in [9.17, 15) is 0 Å². The van der Waals surface area contributed by atoms with Crippen LogP contribution in [0.3, 0.4) is 0 Å².